The van der Waals surface area contributed by atoms with Crippen LogP contribution in [0.2, 0.25) is 0 Å². The van der Waals surface area contributed by atoms with Crippen LogP contribution >= 0.6 is 22.6 Å². The van der Waals surface area contributed by atoms with Crippen LogP contribution in [0.1, 0.15) is 33.5 Å². The lowest BCUT2D eigenvalue weighted by Crippen LogP contribution is -2.53. The average molecular weight is 683 g/mol. The molecule has 0 aromatic heterocycles. The number of amides is 2. The molecule has 0 spiro atoms. The zero-order valence-corrected chi connectivity index (χ0v) is 24.1. The molecule has 3 aromatic rings. The van der Waals surface area contributed by atoms with E-state index < -0.39 is 43.1 Å². The summed E-state index contributed by atoms with van der Waals surface area (Å²) in [5.74, 6) is -1.54. The first-order valence-corrected chi connectivity index (χ1v) is 14.2. The van der Waals surface area contributed by atoms with Crippen molar-refractivity contribution in [2.45, 2.75) is 24.9 Å². The molecule has 5 nitrogen and oxygen atoms in total. The van der Waals surface area contributed by atoms with Crippen molar-refractivity contribution in [3.8, 4) is 11.1 Å². The van der Waals surface area contributed by atoms with Gasteiger partial charge in [0.2, 0.25) is 0 Å². The Morgan fingerprint density at radius 2 is 1.63 bits per heavy atom. The molecule has 0 radical (unpaired) electrons. The maximum Gasteiger partial charge on any atom is 0.312 e. The fourth-order valence-corrected chi connectivity index (χ4v) is 5.38. The molecular formula is C30H27F5IN3O2. The van der Waals surface area contributed by atoms with E-state index >= 15 is 0 Å². The van der Waals surface area contributed by atoms with Crippen LogP contribution in [0.5, 0.6) is 0 Å². The van der Waals surface area contributed by atoms with E-state index in [0.29, 0.717) is 46.2 Å². The Kier molecular flexibility index (Phi) is 9.67. The van der Waals surface area contributed by atoms with E-state index in [-0.39, 0.29) is 21.2 Å². The first-order valence-electron chi connectivity index (χ1n) is 12.7. The molecule has 0 saturated heterocycles. The van der Waals surface area contributed by atoms with Gasteiger partial charge in [-0.1, -0.05) is 46.9 Å². The van der Waals surface area contributed by atoms with Crippen molar-refractivity contribution in [3.63, 3.8) is 0 Å². The molecular weight excluding hydrogens is 656 g/mol. The second-order valence-electron chi connectivity index (χ2n) is 9.66. The summed E-state index contributed by atoms with van der Waals surface area (Å²) in [6.07, 6.45) is 0.861. The first-order chi connectivity index (χ1) is 19.6. The number of alkyl halides is 5. The highest BCUT2D eigenvalue weighted by atomic mass is 127. The molecule has 4 rings (SSSR count). The summed E-state index contributed by atoms with van der Waals surface area (Å²) in [5.41, 5.74) is 1.99. The Morgan fingerprint density at radius 1 is 0.927 bits per heavy atom. The molecule has 0 heterocycles. The Morgan fingerprint density at radius 3 is 2.24 bits per heavy atom. The van der Waals surface area contributed by atoms with Gasteiger partial charge in [0.15, 0.2) is 0 Å². The van der Waals surface area contributed by atoms with Crippen LogP contribution in [0.25, 0.3) is 22.3 Å². The predicted molar refractivity (Wildman–Crippen MR) is 158 cm³/mol. The maximum atomic E-state index is 13.6. The van der Waals surface area contributed by atoms with Crippen molar-refractivity contribution in [2.24, 2.45) is 0 Å². The zero-order valence-electron chi connectivity index (χ0n) is 22.0. The number of hydrogen-bond donors (Lipinski definition) is 3. The smallest absolute Gasteiger partial charge is 0.312 e. The largest absolute Gasteiger partial charge is 0.355 e. The zero-order chi connectivity index (χ0) is 29.7. The lowest BCUT2D eigenvalue weighted by molar-refractivity contribution is -0.115. The molecule has 0 aliphatic heterocycles. The fraction of sp³-hybridized carbons (Fsp3) is 0.267. The Bertz CT molecular complexity index is 1470. The van der Waals surface area contributed by atoms with Crippen molar-refractivity contribution in [3.05, 3.63) is 88.7 Å². The van der Waals surface area contributed by atoms with E-state index in [2.05, 4.69) is 16.0 Å². The first kappa shape index (κ1) is 30.5. The summed E-state index contributed by atoms with van der Waals surface area (Å²) >= 11 is 1.79. The SMILES string of the molecule is CNC(=O)C1=C(c2ccc(F)cc2)CCc2cc(NC(F)F)c(-c3cccc(C(=O)NC(CF)(CF)CI)c3)cc21. The highest BCUT2D eigenvalue weighted by molar-refractivity contribution is 14.1. The summed E-state index contributed by atoms with van der Waals surface area (Å²) < 4.78 is 67.9. The van der Waals surface area contributed by atoms with Gasteiger partial charge in [-0.3, -0.25) is 9.59 Å². The van der Waals surface area contributed by atoms with Crippen LogP contribution in [0.3, 0.4) is 0 Å². The number of carbonyl (C=O) groups is 2. The molecule has 2 amide bonds. The number of allylic oxidation sites excluding steroid dienone is 1. The summed E-state index contributed by atoms with van der Waals surface area (Å²) in [7, 11) is 1.48. The summed E-state index contributed by atoms with van der Waals surface area (Å²) in [5, 5.41) is 7.19. The number of fused-ring (bicyclic) bond motifs is 1. The second-order valence-corrected chi connectivity index (χ2v) is 10.4. The third-order valence-electron chi connectivity index (χ3n) is 6.95. The minimum atomic E-state index is -2.90. The number of likely N-dealkylation sites (N-methyl/N-ethyl adjacent to an activating group) is 1. The summed E-state index contributed by atoms with van der Waals surface area (Å²) in [6, 6.07) is 15.0. The van der Waals surface area contributed by atoms with E-state index in [1.54, 1.807) is 52.9 Å². The number of aryl methyl sites for hydroxylation is 1. The molecule has 11 heteroatoms. The van der Waals surface area contributed by atoms with E-state index in [1.165, 1.54) is 37.4 Å². The summed E-state index contributed by atoms with van der Waals surface area (Å²) in [6.45, 7) is -5.10. The molecule has 3 aromatic carbocycles. The van der Waals surface area contributed by atoms with E-state index in [4.69, 9.17) is 0 Å². The Hall–Kier alpha value is -3.48. The highest BCUT2D eigenvalue weighted by Crippen LogP contribution is 2.42. The summed E-state index contributed by atoms with van der Waals surface area (Å²) in [4.78, 5) is 26.1. The number of rotatable bonds is 10. The number of carbonyl (C=O) groups excluding carboxylic acids is 2. The number of anilines is 1. The van der Waals surface area contributed by atoms with Gasteiger partial charge in [0.25, 0.3) is 11.8 Å². The van der Waals surface area contributed by atoms with Gasteiger partial charge >= 0.3 is 6.55 Å². The average Bonchev–Trinajstić information content (AvgIpc) is 2.98. The van der Waals surface area contributed by atoms with E-state index in [1.807, 2.05) is 0 Å². The van der Waals surface area contributed by atoms with Crippen LogP contribution in [0.4, 0.5) is 27.6 Å². The third-order valence-corrected chi connectivity index (χ3v) is 8.41. The van der Waals surface area contributed by atoms with Gasteiger partial charge in [0.1, 0.15) is 24.7 Å². The quantitative estimate of drug-likeness (QED) is 0.0981. The molecule has 0 atom stereocenters. The van der Waals surface area contributed by atoms with Crippen molar-refractivity contribution in [1.29, 1.82) is 0 Å². The fourth-order valence-electron chi connectivity index (χ4n) is 4.78. The van der Waals surface area contributed by atoms with Gasteiger partial charge in [-0.15, -0.1) is 0 Å². The molecule has 1 aliphatic carbocycles. The van der Waals surface area contributed by atoms with Crippen LogP contribution in [-0.2, 0) is 11.2 Å². The lowest BCUT2D eigenvalue weighted by Gasteiger charge is -2.27. The molecule has 0 bridgehead atoms. The number of nitrogens with one attached hydrogen (secondary N) is 3. The standard InChI is InChI=1S/C30H27F5IN3O2/c1-37-28(41)26-22(17-5-8-21(33)9-6-17)10-7-19-12-25(38-29(34)35)23(13-24(19)26)18-3-2-4-20(11-18)27(40)39-30(14-31,15-32)16-36/h2-6,8-9,11-13,29,38H,7,10,14-16H2,1H3,(H,37,41)(H,39,40). The normalized spacial score (nSPS) is 13.2. The molecule has 41 heavy (non-hydrogen) atoms. The lowest BCUT2D eigenvalue weighted by atomic mass is 9.80. The van der Waals surface area contributed by atoms with Gasteiger partial charge in [0, 0.05) is 28.3 Å². The van der Waals surface area contributed by atoms with Crippen molar-refractivity contribution >= 4 is 51.2 Å². The van der Waals surface area contributed by atoms with Crippen LogP contribution < -0.4 is 16.0 Å². The van der Waals surface area contributed by atoms with Gasteiger partial charge in [-0.2, -0.15) is 8.78 Å². The number of hydrogen-bond acceptors (Lipinski definition) is 3. The Labute approximate surface area is 247 Å². The van der Waals surface area contributed by atoms with Crippen molar-refractivity contribution in [2.75, 3.05) is 30.1 Å². The molecule has 1 aliphatic rings. The van der Waals surface area contributed by atoms with Gasteiger partial charge < -0.3 is 16.0 Å². The minimum absolute atomic E-state index is 0.00145. The number of halogens is 6. The van der Waals surface area contributed by atoms with Crippen molar-refractivity contribution in [1.82, 2.24) is 10.6 Å². The molecule has 0 fully saturated rings. The highest BCUT2D eigenvalue weighted by Gasteiger charge is 2.32. The predicted octanol–water partition coefficient (Wildman–Crippen LogP) is 6.57. The van der Waals surface area contributed by atoms with Crippen LogP contribution in [0, 0.1) is 5.82 Å². The molecule has 0 saturated carbocycles. The minimum Gasteiger partial charge on any atom is -0.355 e. The van der Waals surface area contributed by atoms with E-state index in [9.17, 15) is 31.5 Å². The molecule has 0 unspecified atom stereocenters. The number of benzene rings is 3. The maximum absolute atomic E-state index is 13.6. The molecule has 3 N–H and O–H groups in total. The van der Waals surface area contributed by atoms with Gasteiger partial charge in [-0.25, -0.2) is 13.2 Å². The van der Waals surface area contributed by atoms with Gasteiger partial charge in [-0.05, 0) is 77.1 Å². The molecule has 216 valence electrons. The topological polar surface area (TPSA) is 70.2 Å². The van der Waals surface area contributed by atoms with Crippen LogP contribution in [0.15, 0.2) is 60.7 Å². The monoisotopic (exact) mass is 683 g/mol. The van der Waals surface area contributed by atoms with Crippen molar-refractivity contribution < 1.29 is 31.5 Å². The second kappa shape index (κ2) is 13.0. The third kappa shape index (κ3) is 6.55. The van der Waals surface area contributed by atoms with E-state index in [0.717, 1.165) is 0 Å². The Balaban J connectivity index is 1.87. The van der Waals surface area contributed by atoms with Crippen LogP contribution in [-0.4, -0.2) is 48.7 Å². The van der Waals surface area contributed by atoms with Gasteiger partial charge in [0.05, 0.1) is 5.57 Å².